The van der Waals surface area contributed by atoms with Gasteiger partial charge >= 0.3 is 0 Å². The monoisotopic (exact) mass is 263 g/mol. The van der Waals surface area contributed by atoms with Crippen LogP contribution >= 0.6 is 0 Å². The number of aryl methyl sites for hydroxylation is 1. The fraction of sp³-hybridized carbons (Fsp3) is 0.0625. The largest absolute Gasteiger partial charge is 0.305 e. The Morgan fingerprint density at radius 2 is 1.75 bits per heavy atom. The van der Waals surface area contributed by atoms with E-state index in [1.54, 1.807) is 18.5 Å². The Morgan fingerprint density at radius 3 is 2.45 bits per heavy atom. The van der Waals surface area contributed by atoms with Crippen molar-refractivity contribution in [3.8, 4) is 0 Å². The Kier molecular flexibility index (Phi) is 3.13. The average molecular weight is 263 g/mol. The molecule has 0 atom stereocenters. The zero-order valence-corrected chi connectivity index (χ0v) is 11.0. The number of amides is 1. The molecule has 0 bridgehead atoms. The highest BCUT2D eigenvalue weighted by atomic mass is 16.2. The van der Waals surface area contributed by atoms with Crippen molar-refractivity contribution in [1.29, 1.82) is 0 Å². The standard InChI is InChI=1S/C16H13N3O/c1-11-2-4-12(5-3-11)10-14-16(20)19-15(18-14)13-6-8-17-9-7-13/h2-10H,1H3,(H,18,19,20)/b14-10+. The molecule has 0 saturated heterocycles. The fourth-order valence-electron chi connectivity index (χ4n) is 1.94. The number of amidine groups is 1. The van der Waals surface area contributed by atoms with E-state index in [2.05, 4.69) is 15.3 Å². The summed E-state index contributed by atoms with van der Waals surface area (Å²) in [6, 6.07) is 11.6. The summed E-state index contributed by atoms with van der Waals surface area (Å²) in [5.74, 6) is 0.383. The Bertz CT molecular complexity index is 700. The van der Waals surface area contributed by atoms with Crippen LogP contribution in [0.5, 0.6) is 0 Å². The van der Waals surface area contributed by atoms with Gasteiger partial charge in [-0.1, -0.05) is 29.8 Å². The summed E-state index contributed by atoms with van der Waals surface area (Å²) in [6.45, 7) is 2.03. The van der Waals surface area contributed by atoms with Crippen LogP contribution in [0.1, 0.15) is 16.7 Å². The number of aromatic nitrogens is 1. The van der Waals surface area contributed by atoms with Crippen LogP contribution in [0.25, 0.3) is 6.08 Å². The summed E-state index contributed by atoms with van der Waals surface area (Å²) in [6.07, 6.45) is 5.13. The summed E-state index contributed by atoms with van der Waals surface area (Å²) >= 11 is 0. The third-order valence-corrected chi connectivity index (χ3v) is 3.03. The minimum absolute atomic E-state index is 0.183. The van der Waals surface area contributed by atoms with Crippen molar-refractivity contribution in [1.82, 2.24) is 10.3 Å². The Morgan fingerprint density at radius 1 is 1.05 bits per heavy atom. The van der Waals surface area contributed by atoms with E-state index in [4.69, 9.17) is 0 Å². The number of nitrogens with one attached hydrogen (secondary N) is 1. The Labute approximate surface area is 116 Å². The van der Waals surface area contributed by atoms with Crippen LogP contribution in [0.4, 0.5) is 0 Å². The quantitative estimate of drug-likeness (QED) is 0.845. The van der Waals surface area contributed by atoms with Crippen LogP contribution < -0.4 is 5.32 Å². The molecule has 3 rings (SSSR count). The maximum atomic E-state index is 11.9. The Balaban J connectivity index is 1.92. The highest BCUT2D eigenvalue weighted by Gasteiger charge is 2.20. The highest BCUT2D eigenvalue weighted by molar-refractivity contribution is 6.19. The third kappa shape index (κ3) is 2.49. The van der Waals surface area contributed by atoms with Crippen molar-refractivity contribution in [3.63, 3.8) is 0 Å². The maximum Gasteiger partial charge on any atom is 0.275 e. The van der Waals surface area contributed by atoms with E-state index < -0.39 is 0 Å². The van der Waals surface area contributed by atoms with Gasteiger partial charge in [-0.05, 0) is 30.7 Å². The molecule has 0 unspecified atom stereocenters. The number of hydrogen-bond acceptors (Lipinski definition) is 3. The number of nitrogens with zero attached hydrogens (tertiary/aromatic N) is 2. The van der Waals surface area contributed by atoms with Crippen LogP contribution in [0.15, 0.2) is 59.5 Å². The fourth-order valence-corrected chi connectivity index (χ4v) is 1.94. The third-order valence-electron chi connectivity index (χ3n) is 3.03. The summed E-state index contributed by atoms with van der Waals surface area (Å²) in [4.78, 5) is 20.2. The molecule has 0 aliphatic carbocycles. The second kappa shape index (κ2) is 5.09. The number of rotatable bonds is 2. The van der Waals surface area contributed by atoms with Gasteiger partial charge in [-0.2, -0.15) is 0 Å². The van der Waals surface area contributed by atoms with Gasteiger partial charge in [0.25, 0.3) is 5.91 Å². The van der Waals surface area contributed by atoms with Crippen molar-refractivity contribution in [2.24, 2.45) is 4.99 Å². The second-order valence-electron chi connectivity index (χ2n) is 4.59. The van der Waals surface area contributed by atoms with Crippen LogP contribution in [-0.4, -0.2) is 16.7 Å². The summed E-state index contributed by atoms with van der Waals surface area (Å²) in [5.41, 5.74) is 3.41. The number of carbonyl (C=O) groups excluding carboxylic acids is 1. The van der Waals surface area contributed by atoms with Gasteiger partial charge in [0.2, 0.25) is 0 Å². The smallest absolute Gasteiger partial charge is 0.275 e. The average Bonchev–Trinajstić information content (AvgIpc) is 2.84. The summed E-state index contributed by atoms with van der Waals surface area (Å²) in [5, 5.41) is 2.77. The molecule has 2 heterocycles. The van der Waals surface area contributed by atoms with E-state index in [0.29, 0.717) is 11.5 Å². The SMILES string of the molecule is Cc1ccc(/C=C2/N=C(c3ccncc3)NC2=O)cc1. The van der Waals surface area contributed by atoms with E-state index in [1.165, 1.54) is 5.56 Å². The molecule has 98 valence electrons. The van der Waals surface area contributed by atoms with Crippen molar-refractivity contribution >= 4 is 17.8 Å². The van der Waals surface area contributed by atoms with E-state index in [0.717, 1.165) is 11.1 Å². The summed E-state index contributed by atoms with van der Waals surface area (Å²) in [7, 11) is 0. The number of benzene rings is 1. The molecule has 4 heteroatoms. The zero-order chi connectivity index (χ0) is 13.9. The van der Waals surface area contributed by atoms with Gasteiger partial charge in [0, 0.05) is 18.0 Å². The van der Waals surface area contributed by atoms with Gasteiger partial charge < -0.3 is 5.32 Å². The van der Waals surface area contributed by atoms with Gasteiger partial charge in [-0.15, -0.1) is 0 Å². The molecule has 1 N–H and O–H groups in total. The van der Waals surface area contributed by atoms with E-state index in [1.807, 2.05) is 43.3 Å². The van der Waals surface area contributed by atoms with Crippen LogP contribution in [-0.2, 0) is 4.79 Å². The van der Waals surface area contributed by atoms with Crippen LogP contribution in [0, 0.1) is 6.92 Å². The van der Waals surface area contributed by atoms with Gasteiger partial charge in [0.15, 0.2) is 0 Å². The highest BCUT2D eigenvalue weighted by Crippen LogP contribution is 2.15. The molecular formula is C16H13N3O. The first kappa shape index (κ1) is 12.3. The van der Waals surface area contributed by atoms with E-state index in [9.17, 15) is 4.79 Å². The van der Waals surface area contributed by atoms with Crippen LogP contribution in [0.3, 0.4) is 0 Å². The van der Waals surface area contributed by atoms with Crippen molar-refractivity contribution in [3.05, 3.63) is 71.2 Å². The maximum absolute atomic E-state index is 11.9. The topological polar surface area (TPSA) is 54.4 Å². The number of aliphatic imine (C=N–C) groups is 1. The lowest BCUT2D eigenvalue weighted by Crippen LogP contribution is -2.24. The first-order valence-electron chi connectivity index (χ1n) is 6.31. The molecule has 1 aromatic carbocycles. The minimum Gasteiger partial charge on any atom is -0.305 e. The molecule has 0 fully saturated rings. The van der Waals surface area contributed by atoms with E-state index in [-0.39, 0.29) is 5.91 Å². The van der Waals surface area contributed by atoms with Gasteiger partial charge in [-0.3, -0.25) is 9.78 Å². The molecule has 0 saturated carbocycles. The molecule has 20 heavy (non-hydrogen) atoms. The molecule has 1 aliphatic heterocycles. The van der Waals surface area contributed by atoms with E-state index >= 15 is 0 Å². The van der Waals surface area contributed by atoms with Crippen molar-refractivity contribution in [2.75, 3.05) is 0 Å². The van der Waals surface area contributed by atoms with Gasteiger partial charge in [0.05, 0.1) is 0 Å². The predicted molar refractivity (Wildman–Crippen MR) is 78.1 cm³/mol. The lowest BCUT2D eigenvalue weighted by molar-refractivity contribution is -0.115. The number of carbonyl (C=O) groups is 1. The second-order valence-corrected chi connectivity index (χ2v) is 4.59. The molecular weight excluding hydrogens is 250 g/mol. The van der Waals surface area contributed by atoms with Gasteiger partial charge in [-0.25, -0.2) is 4.99 Å². The molecule has 1 aliphatic rings. The Hall–Kier alpha value is -2.75. The summed E-state index contributed by atoms with van der Waals surface area (Å²) < 4.78 is 0. The molecule has 4 nitrogen and oxygen atoms in total. The van der Waals surface area contributed by atoms with Crippen molar-refractivity contribution in [2.45, 2.75) is 6.92 Å². The number of hydrogen-bond donors (Lipinski definition) is 1. The lowest BCUT2D eigenvalue weighted by Gasteiger charge is -1.97. The first-order valence-corrected chi connectivity index (χ1v) is 6.31. The molecule has 1 aromatic heterocycles. The molecule has 2 aromatic rings. The first-order chi connectivity index (χ1) is 9.72. The van der Waals surface area contributed by atoms with Crippen LogP contribution in [0.2, 0.25) is 0 Å². The number of pyridine rings is 1. The zero-order valence-electron chi connectivity index (χ0n) is 11.0. The molecule has 0 spiro atoms. The minimum atomic E-state index is -0.183. The lowest BCUT2D eigenvalue weighted by atomic mass is 10.1. The normalized spacial score (nSPS) is 16.1. The predicted octanol–water partition coefficient (Wildman–Crippen LogP) is 2.31. The van der Waals surface area contributed by atoms with Gasteiger partial charge in [0.1, 0.15) is 11.5 Å². The molecule has 0 radical (unpaired) electrons. The molecule has 1 amide bonds. The van der Waals surface area contributed by atoms with Crippen molar-refractivity contribution < 1.29 is 4.79 Å².